The molecule has 0 aromatic heterocycles. The van der Waals surface area contributed by atoms with Crippen LogP contribution in [0.4, 0.5) is 0 Å². The van der Waals surface area contributed by atoms with E-state index in [2.05, 4.69) is 81.5 Å². The number of carbonyl (C=O) groups excluding carboxylic acids is 3. The normalized spacial score (nSPS) is 12.4. The zero-order valence-electron chi connectivity index (χ0n) is 49.4. The van der Waals surface area contributed by atoms with E-state index >= 15 is 0 Å². The third-order valence-corrected chi connectivity index (χ3v) is 14.2. The van der Waals surface area contributed by atoms with Crippen molar-refractivity contribution >= 4 is 17.9 Å². The average molecular weight is 1040 g/mol. The highest BCUT2D eigenvalue weighted by Crippen LogP contribution is 2.16. The lowest BCUT2D eigenvalue weighted by Crippen LogP contribution is -2.30. The van der Waals surface area contributed by atoms with Crippen LogP contribution in [-0.4, -0.2) is 37.2 Å². The molecule has 0 N–H and O–H groups in total. The molecule has 6 heteroatoms. The first kappa shape index (κ1) is 71.1. The molecule has 0 rings (SSSR count). The molecule has 6 nitrogen and oxygen atoms in total. The summed E-state index contributed by atoms with van der Waals surface area (Å²) >= 11 is 0. The molecule has 0 fully saturated rings. The summed E-state index contributed by atoms with van der Waals surface area (Å²) in [7, 11) is 0. The SMILES string of the molecule is CCCCC/C=C\C/C=C\CCCCCCCCCC(=O)OCC(COC(=O)CCCCCCCCCCC/C=C\CCCCCCCCCC)OC(=O)CCCCCCCCC/C=C\C/C=C\CCCCCC. The summed E-state index contributed by atoms with van der Waals surface area (Å²) in [5.41, 5.74) is 0. The molecule has 0 saturated heterocycles. The summed E-state index contributed by atoms with van der Waals surface area (Å²) < 4.78 is 16.9. The second kappa shape index (κ2) is 62.6. The third-order valence-electron chi connectivity index (χ3n) is 14.2. The van der Waals surface area contributed by atoms with Crippen molar-refractivity contribution in [3.05, 3.63) is 60.8 Å². The van der Waals surface area contributed by atoms with E-state index in [1.807, 2.05) is 0 Å². The van der Waals surface area contributed by atoms with Gasteiger partial charge >= 0.3 is 17.9 Å². The van der Waals surface area contributed by atoms with Crippen molar-refractivity contribution in [2.75, 3.05) is 13.2 Å². The molecule has 0 radical (unpaired) electrons. The van der Waals surface area contributed by atoms with Crippen LogP contribution >= 0.6 is 0 Å². The van der Waals surface area contributed by atoms with Crippen LogP contribution in [0.25, 0.3) is 0 Å². The Morgan fingerprint density at radius 2 is 0.486 bits per heavy atom. The number of esters is 3. The van der Waals surface area contributed by atoms with Crippen LogP contribution in [0.1, 0.15) is 335 Å². The molecule has 0 aliphatic carbocycles. The largest absolute Gasteiger partial charge is 0.462 e. The second-order valence-corrected chi connectivity index (χ2v) is 21.7. The second-order valence-electron chi connectivity index (χ2n) is 21.7. The van der Waals surface area contributed by atoms with Gasteiger partial charge in [-0.05, 0) is 109 Å². The minimum absolute atomic E-state index is 0.0795. The lowest BCUT2D eigenvalue weighted by Gasteiger charge is -2.18. The maximum Gasteiger partial charge on any atom is 0.306 e. The molecule has 0 amide bonds. The van der Waals surface area contributed by atoms with Crippen molar-refractivity contribution < 1.29 is 28.6 Å². The van der Waals surface area contributed by atoms with Crippen LogP contribution in [0, 0.1) is 0 Å². The Labute approximate surface area is 460 Å². The molecule has 0 spiro atoms. The van der Waals surface area contributed by atoms with E-state index in [0.29, 0.717) is 19.3 Å². The molecule has 0 heterocycles. The number of hydrogen-bond donors (Lipinski definition) is 0. The molecule has 0 saturated carbocycles. The van der Waals surface area contributed by atoms with Gasteiger partial charge in [0.05, 0.1) is 0 Å². The smallest absolute Gasteiger partial charge is 0.306 e. The summed E-state index contributed by atoms with van der Waals surface area (Å²) in [6.45, 7) is 6.63. The fraction of sp³-hybridized carbons (Fsp3) is 0.809. The van der Waals surface area contributed by atoms with Gasteiger partial charge in [0.2, 0.25) is 0 Å². The molecular formula is C68H122O6. The third kappa shape index (κ3) is 60.0. The summed E-state index contributed by atoms with van der Waals surface area (Å²) in [5, 5.41) is 0. The molecule has 74 heavy (non-hydrogen) atoms. The quantitative estimate of drug-likeness (QED) is 0.0261. The monoisotopic (exact) mass is 1030 g/mol. The van der Waals surface area contributed by atoms with Gasteiger partial charge in [-0.2, -0.15) is 0 Å². The molecule has 0 aliphatic heterocycles. The molecular weight excluding hydrogens is 913 g/mol. The van der Waals surface area contributed by atoms with E-state index in [9.17, 15) is 14.4 Å². The van der Waals surface area contributed by atoms with E-state index in [1.54, 1.807) is 0 Å². The minimum atomic E-state index is -0.784. The van der Waals surface area contributed by atoms with Gasteiger partial charge in [-0.25, -0.2) is 0 Å². The van der Waals surface area contributed by atoms with Crippen LogP contribution in [0.2, 0.25) is 0 Å². The van der Waals surface area contributed by atoms with Crippen molar-refractivity contribution in [1.29, 1.82) is 0 Å². The number of allylic oxidation sites excluding steroid dienone is 10. The highest BCUT2D eigenvalue weighted by atomic mass is 16.6. The number of ether oxygens (including phenoxy) is 3. The Morgan fingerprint density at radius 3 is 0.797 bits per heavy atom. The fourth-order valence-electron chi connectivity index (χ4n) is 9.32. The predicted octanol–water partition coefficient (Wildman–Crippen LogP) is 21.9. The Balaban J connectivity index is 4.37. The van der Waals surface area contributed by atoms with Crippen LogP contribution in [0.3, 0.4) is 0 Å². The van der Waals surface area contributed by atoms with Gasteiger partial charge < -0.3 is 14.2 Å². The Bertz CT molecular complexity index is 1330. The molecule has 0 aliphatic rings. The molecule has 1 unspecified atom stereocenters. The van der Waals surface area contributed by atoms with Gasteiger partial charge in [-0.15, -0.1) is 0 Å². The standard InChI is InChI=1S/C68H122O6/c1-4-7-10-13-16-19-22-25-28-31-33-34-35-38-40-43-46-49-52-55-58-61-67(70)73-64-65(63-72-66(69)60-57-54-51-48-45-42-39-36-30-27-24-21-18-15-12-9-6-3)74-68(71)62-59-56-53-50-47-44-41-37-32-29-26-23-20-17-14-11-8-5-2/h18,20-21,23,27,29-33,65H,4-17,19,22,24-26,28,34-64H2,1-3H3/b21-18-,23-20-,30-27-,32-29-,33-31-. The van der Waals surface area contributed by atoms with Crippen molar-refractivity contribution in [3.63, 3.8) is 0 Å². The Morgan fingerprint density at radius 1 is 0.270 bits per heavy atom. The fourth-order valence-corrected chi connectivity index (χ4v) is 9.32. The maximum absolute atomic E-state index is 12.9. The highest BCUT2D eigenvalue weighted by molar-refractivity contribution is 5.71. The van der Waals surface area contributed by atoms with Crippen LogP contribution < -0.4 is 0 Å². The summed E-state index contributed by atoms with van der Waals surface area (Å²) in [5.74, 6) is -0.880. The summed E-state index contributed by atoms with van der Waals surface area (Å²) in [6, 6.07) is 0. The number of hydrogen-bond acceptors (Lipinski definition) is 6. The zero-order chi connectivity index (χ0) is 53.6. The summed E-state index contributed by atoms with van der Waals surface area (Å²) in [6.07, 6.45) is 79.3. The highest BCUT2D eigenvalue weighted by Gasteiger charge is 2.19. The van der Waals surface area contributed by atoms with Crippen molar-refractivity contribution in [2.45, 2.75) is 341 Å². The van der Waals surface area contributed by atoms with Gasteiger partial charge in [0.1, 0.15) is 13.2 Å². The topological polar surface area (TPSA) is 78.9 Å². The molecule has 1 atom stereocenters. The predicted molar refractivity (Wildman–Crippen MR) is 321 cm³/mol. The van der Waals surface area contributed by atoms with Gasteiger partial charge in [-0.3, -0.25) is 14.4 Å². The minimum Gasteiger partial charge on any atom is -0.462 e. The van der Waals surface area contributed by atoms with Gasteiger partial charge in [0, 0.05) is 19.3 Å². The van der Waals surface area contributed by atoms with Crippen LogP contribution in [-0.2, 0) is 28.6 Å². The number of unbranched alkanes of at least 4 members (excludes halogenated alkanes) is 38. The number of rotatable bonds is 59. The first-order valence-electron chi connectivity index (χ1n) is 32.3. The Hall–Kier alpha value is -2.89. The lowest BCUT2D eigenvalue weighted by atomic mass is 10.1. The van der Waals surface area contributed by atoms with Crippen LogP contribution in [0.15, 0.2) is 60.8 Å². The molecule has 430 valence electrons. The zero-order valence-corrected chi connectivity index (χ0v) is 49.4. The summed E-state index contributed by atoms with van der Waals surface area (Å²) in [4.78, 5) is 38.3. The van der Waals surface area contributed by atoms with Gasteiger partial charge in [-0.1, -0.05) is 268 Å². The maximum atomic E-state index is 12.9. The van der Waals surface area contributed by atoms with E-state index in [-0.39, 0.29) is 31.1 Å². The van der Waals surface area contributed by atoms with Crippen LogP contribution in [0.5, 0.6) is 0 Å². The van der Waals surface area contributed by atoms with Crippen molar-refractivity contribution in [1.82, 2.24) is 0 Å². The molecule has 0 aromatic carbocycles. The molecule has 0 aromatic rings. The van der Waals surface area contributed by atoms with Gasteiger partial charge in [0.25, 0.3) is 0 Å². The van der Waals surface area contributed by atoms with Crippen molar-refractivity contribution in [3.8, 4) is 0 Å². The Kier molecular flexibility index (Phi) is 60.2. The lowest BCUT2D eigenvalue weighted by molar-refractivity contribution is -0.167. The first-order chi connectivity index (χ1) is 36.5. The van der Waals surface area contributed by atoms with Crippen molar-refractivity contribution in [2.24, 2.45) is 0 Å². The van der Waals surface area contributed by atoms with E-state index in [1.165, 1.54) is 212 Å². The van der Waals surface area contributed by atoms with Gasteiger partial charge in [0.15, 0.2) is 6.10 Å². The van der Waals surface area contributed by atoms with E-state index < -0.39 is 6.10 Å². The molecule has 0 bridgehead atoms. The average Bonchev–Trinajstić information content (AvgIpc) is 3.40. The number of carbonyl (C=O) groups is 3. The first-order valence-corrected chi connectivity index (χ1v) is 32.3. The van der Waals surface area contributed by atoms with E-state index in [0.717, 1.165) is 83.5 Å². The van der Waals surface area contributed by atoms with E-state index in [4.69, 9.17) is 14.2 Å².